The van der Waals surface area contributed by atoms with Crippen LogP contribution in [0.3, 0.4) is 0 Å². The van der Waals surface area contributed by atoms with Gasteiger partial charge in [0.1, 0.15) is 0 Å². The Balaban J connectivity index is 1.21. The Kier molecular flexibility index (Phi) is 5.35. The molecule has 2 fully saturated rings. The third-order valence-electron chi connectivity index (χ3n) is 7.08. The van der Waals surface area contributed by atoms with Crippen LogP contribution in [-0.4, -0.2) is 30.3 Å². The van der Waals surface area contributed by atoms with E-state index in [0.29, 0.717) is 11.4 Å². The van der Waals surface area contributed by atoms with Gasteiger partial charge in [0.2, 0.25) is 11.8 Å². The Morgan fingerprint density at radius 1 is 0.971 bits per heavy atom. The highest BCUT2D eigenvalue weighted by atomic mass is 16.5. The molecule has 174 valence electrons. The molecule has 34 heavy (non-hydrogen) atoms. The molecule has 1 saturated carbocycles. The van der Waals surface area contributed by atoms with Crippen molar-refractivity contribution >= 4 is 35.1 Å². The second kappa shape index (κ2) is 8.24. The fourth-order valence-corrected chi connectivity index (χ4v) is 5.73. The number of fused-ring (bicyclic) bond motifs is 5. The van der Waals surface area contributed by atoms with Crippen LogP contribution in [0, 0.1) is 37.5 Å². The third-order valence-corrected chi connectivity index (χ3v) is 7.08. The van der Waals surface area contributed by atoms with Gasteiger partial charge >= 0.3 is 5.97 Å². The van der Waals surface area contributed by atoms with Gasteiger partial charge in [-0.05, 0) is 86.6 Å². The molecule has 7 nitrogen and oxygen atoms in total. The summed E-state index contributed by atoms with van der Waals surface area (Å²) in [6.07, 6.45) is 3.02. The van der Waals surface area contributed by atoms with Crippen LogP contribution in [0.15, 0.2) is 54.1 Å². The number of benzene rings is 2. The second-order valence-electron chi connectivity index (χ2n) is 9.53. The number of hydrogen-bond acceptors (Lipinski definition) is 5. The van der Waals surface area contributed by atoms with Gasteiger partial charge in [-0.25, -0.2) is 4.79 Å². The summed E-state index contributed by atoms with van der Waals surface area (Å²) >= 11 is 0. The van der Waals surface area contributed by atoms with Gasteiger partial charge in [0, 0.05) is 5.69 Å². The maximum Gasteiger partial charge on any atom is 0.338 e. The van der Waals surface area contributed by atoms with Crippen molar-refractivity contribution in [1.82, 2.24) is 0 Å². The minimum atomic E-state index is -0.657. The van der Waals surface area contributed by atoms with Crippen LogP contribution >= 0.6 is 0 Å². The minimum Gasteiger partial charge on any atom is -0.452 e. The van der Waals surface area contributed by atoms with Crippen molar-refractivity contribution < 1.29 is 23.9 Å². The first kappa shape index (κ1) is 22.1. The number of esters is 1. The van der Waals surface area contributed by atoms with Crippen LogP contribution < -0.4 is 10.2 Å². The van der Waals surface area contributed by atoms with Crippen molar-refractivity contribution in [3.05, 3.63) is 70.8 Å². The second-order valence-corrected chi connectivity index (χ2v) is 9.53. The number of aryl methyl sites for hydroxylation is 2. The number of hydrogen-bond donors (Lipinski definition) is 1. The van der Waals surface area contributed by atoms with Crippen molar-refractivity contribution in [2.75, 3.05) is 16.8 Å². The highest BCUT2D eigenvalue weighted by Crippen LogP contribution is 2.55. The van der Waals surface area contributed by atoms with Gasteiger partial charge in [-0.2, -0.15) is 0 Å². The fourth-order valence-electron chi connectivity index (χ4n) is 5.73. The molecule has 2 aromatic rings. The minimum absolute atomic E-state index is 0.139. The summed E-state index contributed by atoms with van der Waals surface area (Å²) in [6.45, 7) is 5.48. The zero-order valence-electron chi connectivity index (χ0n) is 19.3. The maximum absolute atomic E-state index is 13.1. The van der Waals surface area contributed by atoms with Crippen LogP contribution in [0.4, 0.5) is 11.4 Å². The Morgan fingerprint density at radius 2 is 1.62 bits per heavy atom. The molecule has 2 aromatic carbocycles. The van der Waals surface area contributed by atoms with E-state index in [9.17, 15) is 19.2 Å². The molecular weight excluding hydrogens is 432 g/mol. The predicted octanol–water partition coefficient (Wildman–Crippen LogP) is 3.80. The zero-order chi connectivity index (χ0) is 24.1. The average Bonchev–Trinajstić information content (AvgIpc) is 3.41. The van der Waals surface area contributed by atoms with Crippen LogP contribution in [0.25, 0.3) is 0 Å². The number of allylic oxidation sites excluding steroid dienone is 2. The number of nitrogens with zero attached hydrogens (tertiary/aromatic N) is 1. The van der Waals surface area contributed by atoms with Crippen LogP contribution in [0.1, 0.15) is 34.8 Å². The molecule has 1 aliphatic heterocycles. The molecule has 5 rings (SSSR count). The normalized spacial score (nSPS) is 24.8. The monoisotopic (exact) mass is 458 g/mol. The molecule has 1 saturated heterocycles. The quantitative estimate of drug-likeness (QED) is 0.418. The van der Waals surface area contributed by atoms with E-state index < -0.39 is 18.5 Å². The number of anilines is 2. The van der Waals surface area contributed by atoms with Gasteiger partial charge in [-0.15, -0.1) is 0 Å². The first-order chi connectivity index (χ1) is 16.2. The van der Waals surface area contributed by atoms with E-state index in [2.05, 4.69) is 11.4 Å². The number of nitrogens with one attached hydrogen (secondary N) is 1. The van der Waals surface area contributed by atoms with Crippen molar-refractivity contribution in [3.8, 4) is 0 Å². The summed E-state index contributed by atoms with van der Waals surface area (Å²) in [5.41, 5.74) is 4.57. The summed E-state index contributed by atoms with van der Waals surface area (Å²) in [6, 6.07) is 11.8. The van der Waals surface area contributed by atoms with Crippen molar-refractivity contribution in [1.29, 1.82) is 0 Å². The van der Waals surface area contributed by atoms with Crippen LogP contribution in [0.2, 0.25) is 0 Å². The van der Waals surface area contributed by atoms with Crippen LogP contribution in [-0.2, 0) is 19.1 Å². The van der Waals surface area contributed by atoms with E-state index in [4.69, 9.17) is 4.74 Å². The summed E-state index contributed by atoms with van der Waals surface area (Å²) < 4.78 is 5.13. The largest absolute Gasteiger partial charge is 0.452 e. The van der Waals surface area contributed by atoms with Gasteiger partial charge in [0.05, 0.1) is 23.1 Å². The Bertz CT molecular complexity index is 1230. The van der Waals surface area contributed by atoms with Crippen molar-refractivity contribution in [3.63, 3.8) is 0 Å². The van der Waals surface area contributed by atoms with Gasteiger partial charge in [-0.1, -0.05) is 17.7 Å². The molecule has 1 heterocycles. The first-order valence-electron chi connectivity index (χ1n) is 11.4. The summed E-state index contributed by atoms with van der Waals surface area (Å²) in [7, 11) is 0. The molecular formula is C27H26N2O5. The number of amides is 3. The van der Waals surface area contributed by atoms with E-state index in [1.807, 2.05) is 39.0 Å². The molecule has 0 spiro atoms. The van der Waals surface area contributed by atoms with Crippen molar-refractivity contribution in [2.24, 2.45) is 23.7 Å². The predicted molar refractivity (Wildman–Crippen MR) is 126 cm³/mol. The molecule has 2 bridgehead atoms. The zero-order valence-corrected chi connectivity index (χ0v) is 19.3. The number of rotatable bonds is 5. The van der Waals surface area contributed by atoms with Gasteiger partial charge in [0.25, 0.3) is 5.91 Å². The maximum atomic E-state index is 13.1. The van der Waals surface area contributed by atoms with Crippen molar-refractivity contribution in [2.45, 2.75) is 27.2 Å². The van der Waals surface area contributed by atoms with Gasteiger partial charge in [-0.3, -0.25) is 19.3 Å². The average molecular weight is 459 g/mol. The lowest BCUT2D eigenvalue weighted by Crippen LogP contribution is -2.33. The molecule has 0 aromatic heterocycles. The smallest absolute Gasteiger partial charge is 0.338 e. The molecule has 4 atom stereocenters. The SMILES string of the molecule is CC1=C[C@H]2C[C@H]1[C@@H]1C(=O)N(c3ccc(C(=O)OCC(=O)Nc4cc(C)cc(C)c4)cc3)C(=O)[C@H]12. The third kappa shape index (κ3) is 3.71. The summed E-state index contributed by atoms with van der Waals surface area (Å²) in [4.78, 5) is 51.9. The Morgan fingerprint density at radius 3 is 2.29 bits per heavy atom. The van der Waals surface area contributed by atoms with E-state index in [1.165, 1.54) is 22.6 Å². The lowest BCUT2D eigenvalue weighted by atomic mass is 9.82. The number of carbonyl (C=O) groups excluding carboxylic acids is 4. The molecule has 0 unspecified atom stereocenters. The van der Waals surface area contributed by atoms with E-state index in [1.54, 1.807) is 12.1 Å². The fraction of sp³-hybridized carbons (Fsp3) is 0.333. The van der Waals surface area contributed by atoms with E-state index >= 15 is 0 Å². The molecule has 7 heteroatoms. The Hall–Kier alpha value is -3.74. The van der Waals surface area contributed by atoms with E-state index in [-0.39, 0.29) is 41.0 Å². The summed E-state index contributed by atoms with van der Waals surface area (Å²) in [5, 5.41) is 2.72. The molecule has 3 amide bonds. The topological polar surface area (TPSA) is 92.8 Å². The lowest BCUT2D eigenvalue weighted by Gasteiger charge is -2.19. The number of imide groups is 1. The molecule has 3 aliphatic rings. The number of carbonyl (C=O) groups is 4. The van der Waals surface area contributed by atoms with Crippen LogP contribution in [0.5, 0.6) is 0 Å². The Labute approximate surface area is 197 Å². The molecule has 2 aliphatic carbocycles. The number of ether oxygens (including phenoxy) is 1. The standard InChI is InChI=1S/C27H26N2O5/c1-14-8-15(2)10-19(9-14)28-22(30)13-34-27(33)17-4-6-20(7-5-17)29-25(31)23-18-11-16(3)21(12-18)24(23)26(29)32/h4-11,18,21,23-24H,12-13H2,1-3H3,(H,28,30)/t18-,21+,23-,24-/m0/s1. The molecule has 0 radical (unpaired) electrons. The lowest BCUT2D eigenvalue weighted by molar-refractivity contribution is -0.123. The highest BCUT2D eigenvalue weighted by Gasteiger charge is 2.60. The van der Waals surface area contributed by atoms with Gasteiger partial charge in [0.15, 0.2) is 6.61 Å². The highest BCUT2D eigenvalue weighted by molar-refractivity contribution is 6.23. The molecule has 1 N–H and O–H groups in total. The summed E-state index contributed by atoms with van der Waals surface area (Å²) in [5.74, 6) is -1.67. The van der Waals surface area contributed by atoms with E-state index in [0.717, 1.165) is 17.5 Å². The van der Waals surface area contributed by atoms with Gasteiger partial charge < -0.3 is 10.1 Å². The first-order valence-corrected chi connectivity index (χ1v) is 11.4.